The molecule has 8 nitrogen and oxygen atoms in total. The number of hydrogen-bond donors (Lipinski definition) is 1. The Hall–Kier alpha value is -3.29. The molecule has 148 valence electrons. The van der Waals surface area contributed by atoms with Crippen molar-refractivity contribution in [2.75, 3.05) is 24.5 Å². The average molecular weight is 390 g/mol. The monoisotopic (exact) mass is 390 g/mol. The third-order valence-electron chi connectivity index (χ3n) is 5.63. The number of nitrogens with one attached hydrogen (secondary N) is 1. The van der Waals surface area contributed by atoms with Crippen LogP contribution in [-0.2, 0) is 12.8 Å². The zero-order valence-corrected chi connectivity index (χ0v) is 16.0. The lowest BCUT2D eigenvalue weighted by atomic mass is 9.95. The van der Waals surface area contributed by atoms with Crippen molar-refractivity contribution in [2.45, 2.75) is 25.7 Å². The molecule has 2 aliphatic rings. The number of nitrogens with zero attached hydrogens (tertiary/aromatic N) is 5. The maximum atomic E-state index is 12.5. The van der Waals surface area contributed by atoms with Crippen LogP contribution < -0.4 is 10.2 Å². The molecule has 8 heteroatoms. The fraction of sp³-hybridized carbons (Fsp3) is 0.381. The van der Waals surface area contributed by atoms with Crippen LogP contribution in [0.1, 0.15) is 34.7 Å². The Morgan fingerprint density at radius 3 is 2.72 bits per heavy atom. The number of anilines is 1. The van der Waals surface area contributed by atoms with Gasteiger partial charge in [0, 0.05) is 49.1 Å². The molecule has 0 spiro atoms. The molecule has 1 amide bonds. The van der Waals surface area contributed by atoms with E-state index in [2.05, 4.69) is 30.6 Å². The second-order valence-electron chi connectivity index (χ2n) is 7.64. The first-order valence-electron chi connectivity index (χ1n) is 10.0. The number of carbonyl (C=O) groups excluding carboxylic acids is 1. The molecule has 1 N–H and O–H groups in total. The molecular formula is C21H22N6O2. The summed E-state index contributed by atoms with van der Waals surface area (Å²) in [5, 5.41) is 15.7. The van der Waals surface area contributed by atoms with Crippen molar-refractivity contribution in [3.63, 3.8) is 0 Å². The SMILES string of the molecule is O=C(NCC1CN(c2ccc(-c3ccncc3)nn2)C1)c1onc2c1CCCC2. The van der Waals surface area contributed by atoms with E-state index in [0.29, 0.717) is 18.2 Å². The number of hydrogen-bond acceptors (Lipinski definition) is 7. The Morgan fingerprint density at radius 1 is 1.10 bits per heavy atom. The summed E-state index contributed by atoms with van der Waals surface area (Å²) in [5.74, 6) is 1.49. The highest BCUT2D eigenvalue weighted by Crippen LogP contribution is 2.25. The highest BCUT2D eigenvalue weighted by molar-refractivity contribution is 5.93. The molecule has 3 aromatic heterocycles. The predicted molar refractivity (Wildman–Crippen MR) is 106 cm³/mol. The third-order valence-corrected chi connectivity index (χ3v) is 5.63. The van der Waals surface area contributed by atoms with E-state index in [-0.39, 0.29) is 5.91 Å². The van der Waals surface area contributed by atoms with Gasteiger partial charge >= 0.3 is 0 Å². The summed E-state index contributed by atoms with van der Waals surface area (Å²) in [6.07, 6.45) is 7.48. The molecule has 3 aromatic rings. The van der Waals surface area contributed by atoms with Crippen molar-refractivity contribution < 1.29 is 9.32 Å². The Balaban J connectivity index is 1.13. The number of fused-ring (bicyclic) bond motifs is 1. The van der Waals surface area contributed by atoms with Crippen LogP contribution in [0.4, 0.5) is 5.82 Å². The maximum absolute atomic E-state index is 12.5. The topological polar surface area (TPSA) is 97.0 Å². The minimum atomic E-state index is -0.152. The predicted octanol–water partition coefficient (Wildman–Crippen LogP) is 2.27. The minimum absolute atomic E-state index is 0.152. The van der Waals surface area contributed by atoms with Gasteiger partial charge in [0.15, 0.2) is 5.82 Å². The van der Waals surface area contributed by atoms with Gasteiger partial charge in [-0.05, 0) is 49.9 Å². The van der Waals surface area contributed by atoms with Gasteiger partial charge < -0.3 is 14.7 Å². The summed E-state index contributed by atoms with van der Waals surface area (Å²) in [6.45, 7) is 2.31. The lowest BCUT2D eigenvalue weighted by Gasteiger charge is -2.39. The van der Waals surface area contributed by atoms with Crippen molar-refractivity contribution in [3.05, 3.63) is 53.7 Å². The van der Waals surface area contributed by atoms with Crippen LogP contribution in [0.25, 0.3) is 11.3 Å². The van der Waals surface area contributed by atoms with Gasteiger partial charge in [0.05, 0.1) is 11.4 Å². The van der Waals surface area contributed by atoms with E-state index < -0.39 is 0 Å². The first kappa shape index (κ1) is 17.8. The lowest BCUT2D eigenvalue weighted by Crippen LogP contribution is -2.52. The molecule has 0 bridgehead atoms. The summed E-state index contributed by atoms with van der Waals surface area (Å²) in [6, 6.07) is 7.79. The summed E-state index contributed by atoms with van der Waals surface area (Å²) >= 11 is 0. The Bertz CT molecular complexity index is 996. The van der Waals surface area contributed by atoms with E-state index in [9.17, 15) is 4.79 Å². The van der Waals surface area contributed by atoms with Crippen LogP contribution in [0.5, 0.6) is 0 Å². The molecule has 0 unspecified atom stereocenters. The van der Waals surface area contributed by atoms with Gasteiger partial charge in [0.25, 0.3) is 5.91 Å². The third kappa shape index (κ3) is 3.57. The van der Waals surface area contributed by atoms with Crippen molar-refractivity contribution in [2.24, 2.45) is 5.92 Å². The molecule has 0 saturated carbocycles. The molecule has 1 aliphatic carbocycles. The molecule has 4 heterocycles. The molecule has 1 aliphatic heterocycles. The van der Waals surface area contributed by atoms with E-state index in [1.165, 1.54) is 0 Å². The van der Waals surface area contributed by atoms with Crippen LogP contribution in [0.15, 0.2) is 41.2 Å². The molecule has 1 saturated heterocycles. The standard InChI is InChI=1S/C21H22N6O2/c28-21(20-16-3-1-2-4-18(16)26-29-20)23-11-14-12-27(13-14)19-6-5-17(24-25-19)15-7-9-22-10-8-15/h5-10,14H,1-4,11-13H2,(H,23,28). The summed E-state index contributed by atoms with van der Waals surface area (Å²) in [4.78, 5) is 18.6. The van der Waals surface area contributed by atoms with E-state index in [4.69, 9.17) is 4.52 Å². The van der Waals surface area contributed by atoms with Crippen molar-refractivity contribution in [3.8, 4) is 11.3 Å². The number of aromatic nitrogens is 4. The van der Waals surface area contributed by atoms with E-state index >= 15 is 0 Å². The van der Waals surface area contributed by atoms with Gasteiger partial charge in [-0.1, -0.05) is 5.16 Å². The quantitative estimate of drug-likeness (QED) is 0.714. The first-order valence-corrected chi connectivity index (χ1v) is 10.0. The van der Waals surface area contributed by atoms with Crippen molar-refractivity contribution >= 4 is 11.7 Å². The average Bonchev–Trinajstić information content (AvgIpc) is 3.18. The largest absolute Gasteiger partial charge is 0.354 e. The van der Waals surface area contributed by atoms with Crippen LogP contribution in [0.2, 0.25) is 0 Å². The number of carbonyl (C=O) groups is 1. The highest BCUT2D eigenvalue weighted by Gasteiger charge is 2.30. The van der Waals surface area contributed by atoms with Gasteiger partial charge in [-0.3, -0.25) is 9.78 Å². The second-order valence-corrected chi connectivity index (χ2v) is 7.64. The molecule has 0 atom stereocenters. The maximum Gasteiger partial charge on any atom is 0.290 e. The molecular weight excluding hydrogens is 368 g/mol. The Labute approximate surface area is 168 Å². The fourth-order valence-electron chi connectivity index (χ4n) is 3.94. The van der Waals surface area contributed by atoms with Crippen LogP contribution in [0.3, 0.4) is 0 Å². The Morgan fingerprint density at radius 2 is 1.93 bits per heavy atom. The fourth-order valence-corrected chi connectivity index (χ4v) is 3.94. The lowest BCUT2D eigenvalue weighted by molar-refractivity contribution is 0.0906. The van der Waals surface area contributed by atoms with Crippen molar-refractivity contribution in [1.29, 1.82) is 0 Å². The van der Waals surface area contributed by atoms with E-state index in [1.807, 2.05) is 24.3 Å². The van der Waals surface area contributed by atoms with Gasteiger partial charge in [-0.25, -0.2) is 0 Å². The van der Waals surface area contributed by atoms with E-state index in [0.717, 1.165) is 67.1 Å². The zero-order valence-electron chi connectivity index (χ0n) is 16.0. The molecule has 0 aromatic carbocycles. The highest BCUT2D eigenvalue weighted by atomic mass is 16.5. The number of rotatable bonds is 5. The summed E-state index contributed by atoms with van der Waals surface area (Å²) in [5.41, 5.74) is 3.77. The number of amides is 1. The smallest absolute Gasteiger partial charge is 0.290 e. The van der Waals surface area contributed by atoms with Gasteiger partial charge in [-0.2, -0.15) is 0 Å². The molecule has 1 fully saturated rings. The van der Waals surface area contributed by atoms with Gasteiger partial charge in [0.2, 0.25) is 5.76 Å². The van der Waals surface area contributed by atoms with Crippen LogP contribution in [-0.4, -0.2) is 45.9 Å². The zero-order chi connectivity index (χ0) is 19.6. The van der Waals surface area contributed by atoms with Crippen molar-refractivity contribution in [1.82, 2.24) is 25.7 Å². The molecule has 0 radical (unpaired) electrons. The number of pyridine rings is 1. The molecule has 5 rings (SSSR count). The van der Waals surface area contributed by atoms with Gasteiger partial charge in [0.1, 0.15) is 0 Å². The van der Waals surface area contributed by atoms with E-state index in [1.54, 1.807) is 12.4 Å². The summed E-state index contributed by atoms with van der Waals surface area (Å²) < 4.78 is 5.31. The minimum Gasteiger partial charge on any atom is -0.354 e. The second kappa shape index (κ2) is 7.62. The van der Waals surface area contributed by atoms with Gasteiger partial charge in [-0.15, -0.1) is 10.2 Å². The Kier molecular flexibility index (Phi) is 4.67. The first-order chi connectivity index (χ1) is 14.3. The summed E-state index contributed by atoms with van der Waals surface area (Å²) in [7, 11) is 0. The number of aryl methyl sites for hydroxylation is 1. The van der Waals surface area contributed by atoms with Crippen LogP contribution in [0, 0.1) is 5.92 Å². The molecule has 29 heavy (non-hydrogen) atoms. The van der Waals surface area contributed by atoms with Crippen LogP contribution >= 0.6 is 0 Å². The normalized spacial score (nSPS) is 16.2.